The first-order valence-corrected chi connectivity index (χ1v) is 9.94. The zero-order chi connectivity index (χ0) is 20.4. The molecule has 1 aliphatic rings. The van der Waals surface area contributed by atoms with Crippen molar-refractivity contribution in [1.82, 2.24) is 34.5 Å². The van der Waals surface area contributed by atoms with Crippen LogP contribution in [0.4, 0.5) is 0 Å². The molecule has 0 atom stereocenters. The van der Waals surface area contributed by atoms with Crippen LogP contribution >= 0.6 is 0 Å². The van der Waals surface area contributed by atoms with Crippen molar-refractivity contribution in [3.8, 4) is 0 Å². The van der Waals surface area contributed by atoms with E-state index in [1.54, 1.807) is 19.3 Å². The first-order chi connectivity index (χ1) is 14.0. The summed E-state index contributed by atoms with van der Waals surface area (Å²) in [6.07, 6.45) is 5.82. The van der Waals surface area contributed by atoms with Crippen LogP contribution in [0.15, 0.2) is 28.9 Å². The second kappa shape index (κ2) is 8.20. The van der Waals surface area contributed by atoms with E-state index in [0.717, 1.165) is 49.2 Å². The molecule has 154 valence electrons. The molecule has 1 aliphatic heterocycles. The summed E-state index contributed by atoms with van der Waals surface area (Å²) >= 11 is 0. The fourth-order valence-electron chi connectivity index (χ4n) is 3.87. The SMILES string of the molecule is CNC(=O)c1ccc(CN2CCC(c3nnc(Cn4ccnc4C)n3C)CC2)o1. The highest BCUT2D eigenvalue weighted by molar-refractivity contribution is 5.91. The number of rotatable bonds is 6. The van der Waals surface area contributed by atoms with E-state index in [1.165, 1.54) is 0 Å². The Balaban J connectivity index is 1.34. The maximum atomic E-state index is 11.6. The van der Waals surface area contributed by atoms with Crippen LogP contribution in [0.25, 0.3) is 0 Å². The highest BCUT2D eigenvalue weighted by Gasteiger charge is 2.26. The highest BCUT2D eigenvalue weighted by Crippen LogP contribution is 2.28. The Morgan fingerprint density at radius 3 is 2.72 bits per heavy atom. The highest BCUT2D eigenvalue weighted by atomic mass is 16.4. The number of amides is 1. The van der Waals surface area contributed by atoms with Gasteiger partial charge in [-0.25, -0.2) is 4.98 Å². The van der Waals surface area contributed by atoms with Gasteiger partial charge in [-0.15, -0.1) is 10.2 Å². The number of nitrogens with one attached hydrogen (secondary N) is 1. The second-order valence-corrected chi connectivity index (χ2v) is 7.53. The van der Waals surface area contributed by atoms with Gasteiger partial charge >= 0.3 is 0 Å². The average Bonchev–Trinajstić information content (AvgIpc) is 3.45. The van der Waals surface area contributed by atoms with Crippen LogP contribution in [0, 0.1) is 6.92 Å². The Bertz CT molecular complexity index is 979. The number of likely N-dealkylation sites (tertiary alicyclic amines) is 1. The molecule has 3 aromatic rings. The van der Waals surface area contributed by atoms with Gasteiger partial charge in [-0.2, -0.15) is 0 Å². The Morgan fingerprint density at radius 2 is 2.03 bits per heavy atom. The zero-order valence-electron chi connectivity index (χ0n) is 17.1. The molecule has 9 heteroatoms. The monoisotopic (exact) mass is 397 g/mol. The van der Waals surface area contributed by atoms with E-state index in [4.69, 9.17) is 4.42 Å². The molecule has 29 heavy (non-hydrogen) atoms. The van der Waals surface area contributed by atoms with E-state index in [-0.39, 0.29) is 5.91 Å². The van der Waals surface area contributed by atoms with E-state index in [1.807, 2.05) is 26.2 Å². The van der Waals surface area contributed by atoms with Crippen molar-refractivity contribution in [2.24, 2.45) is 7.05 Å². The van der Waals surface area contributed by atoms with Gasteiger partial charge in [-0.1, -0.05) is 0 Å². The lowest BCUT2D eigenvalue weighted by Gasteiger charge is -2.30. The molecular formula is C20H27N7O2. The van der Waals surface area contributed by atoms with Gasteiger partial charge < -0.3 is 18.9 Å². The summed E-state index contributed by atoms with van der Waals surface area (Å²) in [5, 5.41) is 11.5. The van der Waals surface area contributed by atoms with Crippen molar-refractivity contribution in [2.45, 2.75) is 38.8 Å². The van der Waals surface area contributed by atoms with E-state index < -0.39 is 0 Å². The van der Waals surface area contributed by atoms with Gasteiger partial charge in [0.2, 0.25) is 0 Å². The summed E-state index contributed by atoms with van der Waals surface area (Å²) < 4.78 is 9.85. The van der Waals surface area contributed by atoms with Crippen LogP contribution < -0.4 is 5.32 Å². The molecule has 1 N–H and O–H groups in total. The lowest BCUT2D eigenvalue weighted by atomic mass is 9.96. The molecule has 4 rings (SSSR count). The van der Waals surface area contributed by atoms with Crippen LogP contribution in [0.5, 0.6) is 0 Å². The quantitative estimate of drug-likeness (QED) is 0.680. The Kier molecular flexibility index (Phi) is 5.48. The molecule has 0 bridgehead atoms. The van der Waals surface area contributed by atoms with Crippen molar-refractivity contribution in [2.75, 3.05) is 20.1 Å². The normalized spacial score (nSPS) is 15.7. The predicted molar refractivity (Wildman–Crippen MR) is 106 cm³/mol. The minimum atomic E-state index is -0.195. The third-order valence-corrected chi connectivity index (χ3v) is 5.68. The zero-order valence-corrected chi connectivity index (χ0v) is 17.1. The van der Waals surface area contributed by atoms with Gasteiger partial charge in [0.05, 0.1) is 13.1 Å². The first kappa shape index (κ1) is 19.4. The lowest BCUT2D eigenvalue weighted by Crippen LogP contribution is -2.33. The largest absolute Gasteiger partial charge is 0.455 e. The number of hydrogen-bond donors (Lipinski definition) is 1. The standard InChI is InChI=1S/C20H27N7O2/c1-14-22-8-11-27(14)13-18-23-24-19(25(18)3)15-6-9-26(10-7-15)12-16-4-5-17(29-16)20(28)21-2/h4-5,8,11,15H,6-7,9-10,12-13H2,1-3H3,(H,21,28). The lowest BCUT2D eigenvalue weighted by molar-refractivity contribution is 0.0930. The molecular weight excluding hydrogens is 370 g/mol. The van der Waals surface area contributed by atoms with Gasteiger partial charge in [0.15, 0.2) is 11.6 Å². The molecule has 0 radical (unpaired) electrons. The van der Waals surface area contributed by atoms with E-state index in [0.29, 0.717) is 24.8 Å². The molecule has 0 saturated carbocycles. The number of carbonyl (C=O) groups excluding carboxylic acids is 1. The molecule has 0 spiro atoms. The van der Waals surface area contributed by atoms with Gasteiger partial charge in [0.1, 0.15) is 17.4 Å². The first-order valence-electron chi connectivity index (χ1n) is 9.94. The summed E-state index contributed by atoms with van der Waals surface area (Å²) in [5.74, 6) is 4.35. The average molecular weight is 397 g/mol. The number of nitrogens with zero attached hydrogens (tertiary/aromatic N) is 6. The topological polar surface area (TPSA) is 94.0 Å². The second-order valence-electron chi connectivity index (χ2n) is 7.53. The van der Waals surface area contributed by atoms with Gasteiger partial charge in [-0.05, 0) is 45.0 Å². The van der Waals surface area contributed by atoms with Crippen molar-refractivity contribution in [3.05, 3.63) is 53.5 Å². The fraction of sp³-hybridized carbons (Fsp3) is 0.500. The Labute approximate surface area is 169 Å². The molecule has 9 nitrogen and oxygen atoms in total. The maximum Gasteiger partial charge on any atom is 0.286 e. The molecule has 1 fully saturated rings. The summed E-state index contributed by atoms with van der Waals surface area (Å²) in [4.78, 5) is 18.3. The number of carbonyl (C=O) groups is 1. The van der Waals surface area contributed by atoms with Gasteiger partial charge in [0, 0.05) is 32.4 Å². The van der Waals surface area contributed by atoms with Crippen LogP contribution in [0.2, 0.25) is 0 Å². The van der Waals surface area contributed by atoms with Crippen LogP contribution in [-0.4, -0.2) is 55.3 Å². The molecule has 0 unspecified atom stereocenters. The summed E-state index contributed by atoms with van der Waals surface area (Å²) in [5.41, 5.74) is 0. The number of hydrogen-bond acceptors (Lipinski definition) is 6. The molecule has 3 aromatic heterocycles. The van der Waals surface area contributed by atoms with Crippen LogP contribution in [-0.2, 0) is 20.1 Å². The van der Waals surface area contributed by atoms with Crippen molar-refractivity contribution >= 4 is 5.91 Å². The minimum absolute atomic E-state index is 0.195. The summed E-state index contributed by atoms with van der Waals surface area (Å²) in [6, 6.07) is 3.60. The Morgan fingerprint density at radius 1 is 1.24 bits per heavy atom. The van der Waals surface area contributed by atoms with Crippen molar-refractivity contribution in [1.29, 1.82) is 0 Å². The summed E-state index contributed by atoms with van der Waals surface area (Å²) in [7, 11) is 3.65. The van der Waals surface area contributed by atoms with E-state index in [9.17, 15) is 4.79 Å². The van der Waals surface area contributed by atoms with E-state index in [2.05, 4.69) is 34.5 Å². The molecule has 4 heterocycles. The van der Waals surface area contributed by atoms with Gasteiger partial charge in [-0.3, -0.25) is 9.69 Å². The maximum absolute atomic E-state index is 11.6. The smallest absolute Gasteiger partial charge is 0.286 e. The van der Waals surface area contributed by atoms with Crippen molar-refractivity contribution in [3.63, 3.8) is 0 Å². The van der Waals surface area contributed by atoms with E-state index >= 15 is 0 Å². The number of piperidine rings is 1. The predicted octanol–water partition coefficient (Wildman–Crippen LogP) is 1.70. The number of furan rings is 1. The molecule has 1 saturated heterocycles. The van der Waals surface area contributed by atoms with Gasteiger partial charge in [0.25, 0.3) is 5.91 Å². The third-order valence-electron chi connectivity index (χ3n) is 5.68. The fourth-order valence-corrected chi connectivity index (χ4v) is 3.87. The minimum Gasteiger partial charge on any atom is -0.455 e. The third kappa shape index (κ3) is 4.09. The summed E-state index contributed by atoms with van der Waals surface area (Å²) in [6.45, 7) is 5.31. The number of aryl methyl sites for hydroxylation is 1. The van der Waals surface area contributed by atoms with Crippen LogP contribution in [0.3, 0.4) is 0 Å². The molecule has 0 aromatic carbocycles. The Hall–Kier alpha value is -2.94. The van der Waals surface area contributed by atoms with Crippen molar-refractivity contribution < 1.29 is 9.21 Å². The molecule has 0 aliphatic carbocycles. The number of aromatic nitrogens is 5. The number of imidazole rings is 1. The van der Waals surface area contributed by atoms with Crippen LogP contribution in [0.1, 0.15) is 52.5 Å². The molecule has 1 amide bonds.